The summed E-state index contributed by atoms with van der Waals surface area (Å²) in [6.45, 7) is 0. The molecule has 3 aromatic heterocycles. The molecule has 0 aliphatic carbocycles. The van der Waals surface area contributed by atoms with Crippen molar-refractivity contribution in [3.63, 3.8) is 0 Å². The van der Waals surface area contributed by atoms with Crippen LogP contribution in [0.5, 0.6) is 0 Å². The number of nitrogens with zero attached hydrogens (tertiary/aromatic N) is 6. The summed E-state index contributed by atoms with van der Waals surface area (Å²) in [6.07, 6.45) is 0. The first-order chi connectivity index (χ1) is 26.4. The molecule has 8 bridgehead atoms. The number of nitrogens with one attached hydrogen (secondary N) is 2. The Morgan fingerprint density at radius 3 is 0.839 bits per heavy atom. The fourth-order valence-corrected chi connectivity index (χ4v) is 15.4. The summed E-state index contributed by atoms with van der Waals surface area (Å²) in [5.74, 6) is 1.31. The van der Waals surface area contributed by atoms with E-state index in [1.54, 1.807) is 0 Å². The van der Waals surface area contributed by atoms with Crippen molar-refractivity contribution in [1.82, 2.24) is 39.9 Å². The molecule has 4 aromatic carbocycles. The molecule has 24 heteroatoms. The van der Waals surface area contributed by atoms with Gasteiger partial charge >= 0.3 is 0 Å². The Morgan fingerprint density at radius 2 is 0.518 bits per heavy atom. The molecule has 0 saturated heterocycles. The lowest BCUT2D eigenvalue weighted by Crippen LogP contribution is -1.89. The van der Waals surface area contributed by atoms with Crippen LogP contribution in [0.2, 0.25) is 10.0 Å². The summed E-state index contributed by atoms with van der Waals surface area (Å²) in [5.41, 5.74) is 4.19. The van der Waals surface area contributed by atoms with Crippen LogP contribution in [0.15, 0.2) is 62.6 Å². The smallest absolute Gasteiger partial charge is 0.166 e. The molecule has 2 aliphatic rings. The molecule has 0 amide bonds. The minimum Gasteiger partial charge on any atom is -0.324 e. The summed E-state index contributed by atoms with van der Waals surface area (Å²) >= 11 is 66.5. The average Bonchev–Trinajstić information content (AvgIpc) is 3.92. The topological polar surface area (TPSA) is 109 Å². The quantitative estimate of drug-likeness (QED) is 0.116. The molecule has 9 rings (SSSR count). The third-order valence-electron chi connectivity index (χ3n) is 8.68. The van der Waals surface area contributed by atoms with E-state index < -0.39 is 0 Å². The largest absolute Gasteiger partial charge is 0.324 e. The predicted molar refractivity (Wildman–Crippen MR) is 274 cm³/mol. The lowest BCUT2D eigenvalue weighted by molar-refractivity contribution is 1.19. The van der Waals surface area contributed by atoms with Crippen LogP contribution >= 0.6 is 246 Å². The number of benzene rings is 4. The van der Waals surface area contributed by atoms with E-state index in [1.807, 2.05) is 0 Å². The molecule has 0 atom stereocenters. The summed E-state index contributed by atoms with van der Waals surface area (Å²) in [5, 5.41) is 3.32. The highest BCUT2D eigenvalue weighted by atomic mass is 79.9. The van der Waals surface area contributed by atoms with Gasteiger partial charge in [-0.1, -0.05) is 23.2 Å². The molecule has 0 fully saturated rings. The van der Waals surface area contributed by atoms with Crippen molar-refractivity contribution in [3.05, 3.63) is 72.7 Å². The second-order valence-electron chi connectivity index (χ2n) is 11.6. The molecule has 0 radical (unpaired) electrons. The van der Waals surface area contributed by atoms with Crippen LogP contribution in [0, 0.1) is 0 Å². The molecular weight excluding hydrogens is 1690 g/mol. The highest BCUT2D eigenvalue weighted by Crippen LogP contribution is 2.54. The molecule has 0 unspecified atom stereocenters. The van der Waals surface area contributed by atoms with Crippen molar-refractivity contribution in [3.8, 4) is 45.6 Å². The first kappa shape index (κ1) is 42.8. The van der Waals surface area contributed by atoms with Gasteiger partial charge in [0.1, 0.15) is 22.6 Å². The predicted octanol–water partition coefficient (Wildman–Crippen LogP) is 18.9. The van der Waals surface area contributed by atoms with E-state index in [0.29, 0.717) is 120 Å². The lowest BCUT2D eigenvalue weighted by atomic mass is 10.1. The zero-order valence-corrected chi connectivity index (χ0v) is 49.4. The van der Waals surface area contributed by atoms with Gasteiger partial charge in [-0.15, -0.1) is 0 Å². The molecule has 7 aromatic rings. The minimum absolute atomic E-state index is 0.238. The Hall–Kier alpha value is 1.54. The number of halogens is 16. The van der Waals surface area contributed by atoms with Gasteiger partial charge in [0.05, 0.1) is 20.1 Å². The highest BCUT2D eigenvalue weighted by Gasteiger charge is 2.33. The van der Waals surface area contributed by atoms with E-state index in [-0.39, 0.29) is 15.9 Å². The molecule has 2 N–H and O–H groups in total. The lowest BCUT2D eigenvalue weighted by Gasteiger charge is -2.10. The van der Waals surface area contributed by atoms with E-state index in [1.165, 1.54) is 0 Å². The Morgan fingerprint density at radius 1 is 0.268 bits per heavy atom. The second-order valence-corrected chi connectivity index (χ2v) is 23.5. The minimum atomic E-state index is 0.238. The van der Waals surface area contributed by atoms with Crippen LogP contribution in [0.4, 0.5) is 0 Å². The van der Waals surface area contributed by atoms with Crippen molar-refractivity contribution in [2.75, 3.05) is 0 Å². The maximum atomic E-state index is 7.06. The van der Waals surface area contributed by atoms with Crippen LogP contribution in [0.1, 0.15) is 0 Å². The number of fused-ring (bicyclic) bond motifs is 20. The summed E-state index contributed by atoms with van der Waals surface area (Å²) in [6, 6.07) is 0. The molecule has 8 nitrogen and oxygen atoms in total. The molecular formula is C32H2Br14Cl2N8. The van der Waals surface area contributed by atoms with Gasteiger partial charge in [0.15, 0.2) is 23.3 Å². The molecule has 5 heterocycles. The Kier molecular flexibility index (Phi) is 12.0. The number of rotatable bonds is 0. The Balaban J connectivity index is 1.61. The van der Waals surface area contributed by atoms with Crippen LogP contribution in [-0.4, -0.2) is 39.9 Å². The van der Waals surface area contributed by atoms with Crippen molar-refractivity contribution in [2.45, 2.75) is 0 Å². The third-order valence-corrected chi connectivity index (χ3v) is 26.2. The Labute approximate surface area is 441 Å². The first-order valence-electron chi connectivity index (χ1n) is 14.7. The van der Waals surface area contributed by atoms with E-state index in [9.17, 15) is 0 Å². The zero-order valence-electron chi connectivity index (χ0n) is 25.7. The summed E-state index contributed by atoms with van der Waals surface area (Å²) in [4.78, 5) is 37.8. The SMILES string of the molecule is Clc1c(Cl)c2c(c(Br)c1Br)-c1nc-2nc2[nH]c(nc3nc(nc4[nH]c(n1)c1c(Br)c(Br)c(Br)c(Br)c41)-c1c(Br)c(Br)c(Br)c(Br)c1-3)c1c(Br)c(Br)c(Br)c(Br)c21. The maximum Gasteiger partial charge on any atom is 0.166 e. The van der Waals surface area contributed by atoms with Gasteiger partial charge in [-0.3, -0.25) is 0 Å². The number of aromatic amines is 2. The molecule has 2 aliphatic heterocycles. The maximum absolute atomic E-state index is 7.06. The third kappa shape index (κ3) is 6.33. The monoisotopic (exact) mass is 1670 g/mol. The van der Waals surface area contributed by atoms with Crippen molar-refractivity contribution >= 4 is 290 Å². The van der Waals surface area contributed by atoms with Gasteiger partial charge in [0.25, 0.3) is 0 Å². The average molecular weight is 1690 g/mol. The van der Waals surface area contributed by atoms with E-state index >= 15 is 0 Å². The van der Waals surface area contributed by atoms with Crippen LogP contribution in [0.3, 0.4) is 0 Å². The van der Waals surface area contributed by atoms with E-state index in [2.05, 4.69) is 233 Å². The van der Waals surface area contributed by atoms with Crippen LogP contribution in [-0.2, 0) is 0 Å². The van der Waals surface area contributed by atoms with E-state index in [0.717, 1.165) is 26.8 Å². The number of H-pyrrole nitrogens is 2. The molecule has 0 saturated carbocycles. The highest BCUT2D eigenvalue weighted by molar-refractivity contribution is 9.16. The van der Waals surface area contributed by atoms with Crippen molar-refractivity contribution in [1.29, 1.82) is 0 Å². The molecule has 0 spiro atoms. The normalized spacial score (nSPS) is 12.3. The molecule has 282 valence electrons. The number of aromatic nitrogens is 8. The van der Waals surface area contributed by atoms with Gasteiger partial charge in [-0.2, -0.15) is 0 Å². The van der Waals surface area contributed by atoms with Gasteiger partial charge in [0.2, 0.25) is 0 Å². The second kappa shape index (κ2) is 15.7. The summed E-state index contributed by atoms with van der Waals surface area (Å²) in [7, 11) is 0. The summed E-state index contributed by atoms with van der Waals surface area (Å²) < 4.78 is 9.91. The van der Waals surface area contributed by atoms with Crippen molar-refractivity contribution < 1.29 is 0 Å². The standard InChI is InChI=1S/C32H2Br14Cl2N8/c33-9-1-2(10(34)17(41)16(9)40)26-49-25(1)50-27-3-4(12(36)19(43)18(42)11(3)35)29(52-27)54-31-7-8(23(47)24(48)22(46)15(7)39)32(56-31)55-30-6-5(28(51-26)53-30)13(37)20(44)21(45)14(6)38/h(H2,49,50,51,52,53,54,55,56). The van der Waals surface area contributed by atoms with Crippen molar-refractivity contribution in [2.24, 2.45) is 0 Å². The van der Waals surface area contributed by atoms with Gasteiger partial charge in [0, 0.05) is 96.4 Å². The fraction of sp³-hybridized carbons (Fsp3) is 0. The van der Waals surface area contributed by atoms with Gasteiger partial charge in [-0.05, 0) is 223 Å². The first-order valence-corrected chi connectivity index (χ1v) is 26.6. The van der Waals surface area contributed by atoms with Crippen LogP contribution in [0.25, 0.3) is 89.7 Å². The number of hydrogen-bond acceptors (Lipinski definition) is 6. The zero-order chi connectivity index (χ0) is 40.1. The van der Waals surface area contributed by atoms with Crippen LogP contribution < -0.4 is 0 Å². The van der Waals surface area contributed by atoms with Gasteiger partial charge < -0.3 is 9.97 Å². The van der Waals surface area contributed by atoms with Gasteiger partial charge in [-0.25, -0.2) is 29.9 Å². The fourth-order valence-electron chi connectivity index (χ4n) is 6.24. The number of hydrogen-bond donors (Lipinski definition) is 2. The molecule has 56 heavy (non-hydrogen) atoms. The Bertz CT molecular complexity index is 2830. The van der Waals surface area contributed by atoms with E-state index in [4.69, 9.17) is 53.1 Å².